The maximum Gasteiger partial charge on any atom is 0.323 e. The van der Waals surface area contributed by atoms with Crippen LogP contribution in [0.5, 0.6) is 0 Å². The van der Waals surface area contributed by atoms with Crippen molar-refractivity contribution in [3.05, 3.63) is 0 Å². The van der Waals surface area contributed by atoms with Crippen LogP contribution in [-0.4, -0.2) is 37.9 Å². The predicted octanol–water partition coefficient (Wildman–Crippen LogP) is 0.286. The monoisotopic (exact) mass is 215 g/mol. The van der Waals surface area contributed by atoms with Crippen molar-refractivity contribution in [3.63, 3.8) is 0 Å². The van der Waals surface area contributed by atoms with E-state index in [2.05, 4.69) is 5.32 Å². The summed E-state index contributed by atoms with van der Waals surface area (Å²) in [4.78, 5) is 11.5. The fourth-order valence-corrected chi connectivity index (χ4v) is 1.24. The van der Waals surface area contributed by atoms with Gasteiger partial charge in [0.2, 0.25) is 0 Å². The van der Waals surface area contributed by atoms with E-state index in [9.17, 15) is 4.79 Å². The Kier molecular flexibility index (Phi) is 9.01. The number of ether oxygens (including phenoxy) is 1. The highest BCUT2D eigenvalue weighted by atomic mass is 16.5. The van der Waals surface area contributed by atoms with E-state index < -0.39 is 0 Å². The Morgan fingerprint density at radius 3 is 2.87 bits per heavy atom. The molecule has 0 aromatic heterocycles. The Bertz CT molecular complexity index is 186. The molecule has 0 aliphatic heterocycles. The zero-order valence-corrected chi connectivity index (χ0v) is 9.29. The van der Waals surface area contributed by atoms with Gasteiger partial charge in [0.05, 0.1) is 6.61 Å². The molecule has 0 bridgehead atoms. The quantitative estimate of drug-likeness (QED) is 0.293. The average Bonchev–Trinajstić information content (AvgIpc) is 2.23. The summed E-state index contributed by atoms with van der Waals surface area (Å²) < 4.78 is 4.92. The van der Waals surface area contributed by atoms with Crippen LogP contribution in [0.1, 0.15) is 26.2 Å². The lowest BCUT2D eigenvalue weighted by atomic mass is 10.1. The van der Waals surface area contributed by atoms with Crippen molar-refractivity contribution < 1.29 is 9.53 Å². The number of carbonyl (C=O) groups is 1. The second kappa shape index (κ2) is 9.61. The first-order valence-corrected chi connectivity index (χ1v) is 5.35. The van der Waals surface area contributed by atoms with Crippen LogP contribution in [0.15, 0.2) is 0 Å². The van der Waals surface area contributed by atoms with E-state index in [1.807, 2.05) is 0 Å². The summed E-state index contributed by atoms with van der Waals surface area (Å²) in [5.74, 6) is -0.239. The van der Waals surface area contributed by atoms with Gasteiger partial charge in [0.15, 0.2) is 0 Å². The van der Waals surface area contributed by atoms with Crippen molar-refractivity contribution in [1.29, 1.82) is 5.41 Å². The van der Waals surface area contributed by atoms with Gasteiger partial charge in [-0.15, -0.1) is 0 Å². The van der Waals surface area contributed by atoms with Gasteiger partial charge in [-0.05, 0) is 26.3 Å². The van der Waals surface area contributed by atoms with Gasteiger partial charge in [-0.2, -0.15) is 0 Å². The largest absolute Gasteiger partial charge is 0.465 e. The normalized spacial score (nSPS) is 12.1. The van der Waals surface area contributed by atoms with Gasteiger partial charge < -0.3 is 15.9 Å². The van der Waals surface area contributed by atoms with E-state index in [0.29, 0.717) is 26.1 Å². The molecule has 5 nitrogen and oxygen atoms in total. The number of rotatable bonds is 9. The molecule has 0 aliphatic rings. The molecule has 0 aromatic rings. The molecule has 88 valence electrons. The van der Waals surface area contributed by atoms with E-state index in [1.165, 1.54) is 6.21 Å². The molecular formula is C10H21N3O2. The number of hydrogen-bond donors (Lipinski definition) is 3. The van der Waals surface area contributed by atoms with Gasteiger partial charge in [-0.25, -0.2) is 0 Å². The van der Waals surface area contributed by atoms with Crippen LogP contribution >= 0.6 is 0 Å². The Hall–Kier alpha value is -0.940. The average molecular weight is 215 g/mol. The minimum atomic E-state index is -0.307. The first kappa shape index (κ1) is 14.1. The highest BCUT2D eigenvalue weighted by Gasteiger charge is 2.17. The fraction of sp³-hybridized carbons (Fsp3) is 0.800. The first-order chi connectivity index (χ1) is 7.26. The molecule has 0 aliphatic carbocycles. The molecule has 0 spiro atoms. The molecule has 0 unspecified atom stereocenters. The smallest absolute Gasteiger partial charge is 0.323 e. The number of carbonyl (C=O) groups excluding carboxylic acids is 1. The van der Waals surface area contributed by atoms with Crippen LogP contribution in [0.3, 0.4) is 0 Å². The van der Waals surface area contributed by atoms with Crippen LogP contribution in [0.4, 0.5) is 0 Å². The maximum absolute atomic E-state index is 11.5. The third kappa shape index (κ3) is 7.04. The molecular weight excluding hydrogens is 194 g/mol. The summed E-state index contributed by atoms with van der Waals surface area (Å²) >= 11 is 0. The molecule has 1 atom stereocenters. The van der Waals surface area contributed by atoms with Crippen molar-refractivity contribution >= 4 is 12.2 Å². The molecule has 0 fully saturated rings. The van der Waals surface area contributed by atoms with E-state index in [-0.39, 0.29) is 12.0 Å². The standard InChI is InChI=1S/C10H21N3O2/c1-2-15-10(14)9(13-8-7-12)5-3-4-6-11/h7,9,12-13H,2-6,8,11H2,1H3/t9-/m0/s1. The molecule has 0 rings (SSSR count). The summed E-state index contributed by atoms with van der Waals surface area (Å²) in [5.41, 5.74) is 5.38. The first-order valence-electron chi connectivity index (χ1n) is 5.35. The fourth-order valence-electron chi connectivity index (χ4n) is 1.24. The zero-order chi connectivity index (χ0) is 11.5. The van der Waals surface area contributed by atoms with Crippen molar-refractivity contribution in [3.8, 4) is 0 Å². The van der Waals surface area contributed by atoms with Crippen LogP contribution in [-0.2, 0) is 9.53 Å². The van der Waals surface area contributed by atoms with Crippen molar-refractivity contribution in [2.45, 2.75) is 32.2 Å². The maximum atomic E-state index is 11.5. The lowest BCUT2D eigenvalue weighted by molar-refractivity contribution is -0.145. The summed E-state index contributed by atoms with van der Waals surface area (Å²) in [7, 11) is 0. The Morgan fingerprint density at radius 2 is 2.33 bits per heavy atom. The van der Waals surface area contributed by atoms with Gasteiger partial charge in [-0.3, -0.25) is 10.1 Å². The second-order valence-corrected chi connectivity index (χ2v) is 3.20. The van der Waals surface area contributed by atoms with Gasteiger partial charge in [0.25, 0.3) is 0 Å². The summed E-state index contributed by atoms with van der Waals surface area (Å²) in [6, 6.07) is -0.307. The summed E-state index contributed by atoms with van der Waals surface area (Å²) in [6.45, 7) is 3.20. The van der Waals surface area contributed by atoms with Gasteiger partial charge in [0, 0.05) is 12.8 Å². The van der Waals surface area contributed by atoms with Crippen molar-refractivity contribution in [2.75, 3.05) is 19.7 Å². The van der Waals surface area contributed by atoms with Crippen LogP contribution in [0.25, 0.3) is 0 Å². The predicted molar refractivity (Wildman–Crippen MR) is 60.1 cm³/mol. The number of hydrogen-bond acceptors (Lipinski definition) is 5. The molecule has 0 amide bonds. The van der Waals surface area contributed by atoms with E-state index in [1.54, 1.807) is 6.92 Å². The lowest BCUT2D eigenvalue weighted by Crippen LogP contribution is -2.39. The molecule has 4 N–H and O–H groups in total. The minimum Gasteiger partial charge on any atom is -0.465 e. The summed E-state index contributed by atoms with van der Waals surface area (Å²) in [5, 5.41) is 9.85. The second-order valence-electron chi connectivity index (χ2n) is 3.20. The molecule has 0 aromatic carbocycles. The van der Waals surface area contributed by atoms with Gasteiger partial charge in [-0.1, -0.05) is 6.42 Å². The number of esters is 1. The van der Waals surface area contributed by atoms with Crippen LogP contribution < -0.4 is 11.1 Å². The van der Waals surface area contributed by atoms with Crippen LogP contribution in [0.2, 0.25) is 0 Å². The molecule has 0 saturated carbocycles. The number of nitrogens with one attached hydrogen (secondary N) is 2. The highest BCUT2D eigenvalue weighted by Crippen LogP contribution is 2.02. The van der Waals surface area contributed by atoms with E-state index >= 15 is 0 Å². The molecule has 0 heterocycles. The van der Waals surface area contributed by atoms with Crippen molar-refractivity contribution in [1.82, 2.24) is 5.32 Å². The van der Waals surface area contributed by atoms with E-state index in [4.69, 9.17) is 15.9 Å². The molecule has 0 saturated heterocycles. The van der Waals surface area contributed by atoms with Crippen molar-refractivity contribution in [2.24, 2.45) is 5.73 Å². The molecule has 0 radical (unpaired) electrons. The Balaban J connectivity index is 3.92. The number of unbranched alkanes of at least 4 members (excludes halogenated alkanes) is 1. The minimum absolute atomic E-state index is 0.239. The topological polar surface area (TPSA) is 88.2 Å². The lowest BCUT2D eigenvalue weighted by Gasteiger charge is -2.15. The highest BCUT2D eigenvalue weighted by molar-refractivity contribution is 5.76. The third-order valence-corrected chi connectivity index (χ3v) is 1.98. The summed E-state index contributed by atoms with van der Waals surface area (Å²) in [6.07, 6.45) is 3.74. The molecule has 5 heteroatoms. The SMILES string of the molecule is CCOC(=O)[C@H](CCCCN)NCC=N. The van der Waals surface area contributed by atoms with Gasteiger partial charge in [0.1, 0.15) is 6.04 Å². The number of nitrogens with two attached hydrogens (primary N) is 1. The molecule has 15 heavy (non-hydrogen) atoms. The van der Waals surface area contributed by atoms with Gasteiger partial charge >= 0.3 is 5.97 Å². The Labute approximate surface area is 90.9 Å². The zero-order valence-electron chi connectivity index (χ0n) is 9.29. The van der Waals surface area contributed by atoms with E-state index in [0.717, 1.165) is 12.8 Å². The third-order valence-electron chi connectivity index (χ3n) is 1.98. The Morgan fingerprint density at radius 1 is 1.60 bits per heavy atom. The van der Waals surface area contributed by atoms with Crippen LogP contribution in [0, 0.1) is 5.41 Å².